The molecular weight excluding hydrogens is 501 g/mol. The van der Waals surface area contributed by atoms with Gasteiger partial charge in [0, 0.05) is 34.5 Å². The molecule has 0 saturated heterocycles. The molecule has 1 atom stereocenters. The standard InChI is InChI=1S/C22H25F3N6O4S/c1-12-16(22(33)30-36(3,4)34)10-31-19(12)20(26-11-27-31)29-17-6-5-14(25)7-18(17)35-13(2)21(32)28-15(8-23)9-24/h5-7,10-11,13,15H,8-9H2,1-4H3,(H,28,32)(H,26,27,29)/t13-/m1/s1. The first-order valence-electron chi connectivity index (χ1n) is 10.6. The molecule has 0 aliphatic carbocycles. The van der Waals surface area contributed by atoms with Gasteiger partial charge in [0.05, 0.1) is 17.3 Å². The number of carbonyl (C=O) groups excluding carboxylic acids is 2. The number of fused-ring (bicyclic) bond motifs is 1. The van der Waals surface area contributed by atoms with Gasteiger partial charge in [0.15, 0.2) is 11.9 Å². The predicted octanol–water partition coefficient (Wildman–Crippen LogP) is 2.98. The minimum Gasteiger partial charge on any atom is -0.479 e. The molecule has 0 fully saturated rings. The second-order valence-electron chi connectivity index (χ2n) is 8.19. The zero-order valence-electron chi connectivity index (χ0n) is 19.9. The molecule has 0 unspecified atom stereocenters. The van der Waals surface area contributed by atoms with Crippen LogP contribution in [0.4, 0.5) is 24.7 Å². The number of carbonyl (C=O) groups is 2. The molecule has 2 N–H and O–H groups in total. The van der Waals surface area contributed by atoms with Crippen molar-refractivity contribution in [1.29, 1.82) is 0 Å². The smallest absolute Gasteiger partial charge is 0.286 e. The van der Waals surface area contributed by atoms with Crippen LogP contribution in [0.3, 0.4) is 0 Å². The molecular formula is C22H25F3N6O4S. The normalized spacial score (nSPS) is 12.4. The van der Waals surface area contributed by atoms with Crippen LogP contribution in [0.25, 0.3) is 5.52 Å². The average Bonchev–Trinajstić information content (AvgIpc) is 3.15. The lowest BCUT2D eigenvalue weighted by Crippen LogP contribution is -2.44. The number of amides is 2. The highest BCUT2D eigenvalue weighted by Gasteiger charge is 2.22. The summed E-state index contributed by atoms with van der Waals surface area (Å²) in [5.74, 6) is -1.97. The Morgan fingerprint density at radius 2 is 1.94 bits per heavy atom. The number of benzene rings is 1. The van der Waals surface area contributed by atoms with Gasteiger partial charge in [-0.2, -0.15) is 9.46 Å². The Hall–Kier alpha value is -3.68. The van der Waals surface area contributed by atoms with Crippen molar-refractivity contribution in [2.45, 2.75) is 26.0 Å². The first-order valence-corrected chi connectivity index (χ1v) is 13.0. The van der Waals surface area contributed by atoms with Crippen molar-refractivity contribution in [3.63, 3.8) is 0 Å². The van der Waals surface area contributed by atoms with Gasteiger partial charge in [0.1, 0.15) is 36.8 Å². The first-order chi connectivity index (χ1) is 16.9. The first kappa shape index (κ1) is 26.9. The van der Waals surface area contributed by atoms with Crippen molar-refractivity contribution in [1.82, 2.24) is 19.9 Å². The summed E-state index contributed by atoms with van der Waals surface area (Å²) in [5.41, 5.74) is 1.24. The number of aryl methyl sites for hydroxylation is 1. The van der Waals surface area contributed by atoms with Crippen LogP contribution >= 0.6 is 0 Å². The SMILES string of the molecule is Cc1c(C(=O)N=S(C)(C)=O)cn2ncnc(Nc3ccc(F)cc3O[C@H](C)C(=O)NC(CF)CF)c12. The molecule has 0 spiro atoms. The monoisotopic (exact) mass is 526 g/mol. The summed E-state index contributed by atoms with van der Waals surface area (Å²) in [4.78, 5) is 29.0. The van der Waals surface area contributed by atoms with Gasteiger partial charge in [-0.15, -0.1) is 0 Å². The third-order valence-corrected chi connectivity index (χ3v) is 5.55. The Bertz CT molecular complexity index is 1410. The molecule has 194 valence electrons. The van der Waals surface area contributed by atoms with Gasteiger partial charge in [-0.1, -0.05) is 0 Å². The summed E-state index contributed by atoms with van der Waals surface area (Å²) in [6.07, 6.45) is 4.12. The van der Waals surface area contributed by atoms with E-state index in [9.17, 15) is 27.0 Å². The molecule has 0 radical (unpaired) electrons. The highest BCUT2D eigenvalue weighted by atomic mass is 32.2. The zero-order chi connectivity index (χ0) is 26.6. The third-order valence-electron chi connectivity index (χ3n) is 4.95. The molecule has 10 nitrogen and oxygen atoms in total. The van der Waals surface area contributed by atoms with E-state index in [0.29, 0.717) is 11.1 Å². The highest BCUT2D eigenvalue weighted by Crippen LogP contribution is 2.32. The van der Waals surface area contributed by atoms with Gasteiger partial charge in [-0.3, -0.25) is 9.59 Å². The van der Waals surface area contributed by atoms with Crippen LogP contribution < -0.4 is 15.4 Å². The summed E-state index contributed by atoms with van der Waals surface area (Å²) in [7, 11) is -2.69. The maximum Gasteiger partial charge on any atom is 0.286 e. The molecule has 2 heterocycles. The molecule has 0 bridgehead atoms. The molecule has 2 amide bonds. The molecule has 36 heavy (non-hydrogen) atoms. The molecule has 2 aromatic heterocycles. The number of hydrogen-bond donors (Lipinski definition) is 2. The maximum atomic E-state index is 14.0. The number of hydrogen-bond acceptors (Lipinski definition) is 7. The number of aromatic nitrogens is 3. The minimum absolute atomic E-state index is 0.0707. The van der Waals surface area contributed by atoms with Crippen molar-refractivity contribution >= 4 is 38.6 Å². The van der Waals surface area contributed by atoms with E-state index in [1.165, 1.54) is 42.5 Å². The lowest BCUT2D eigenvalue weighted by atomic mass is 10.2. The molecule has 0 saturated carbocycles. The van der Waals surface area contributed by atoms with Crippen LogP contribution in [-0.4, -0.2) is 68.6 Å². The molecule has 3 rings (SSSR count). The van der Waals surface area contributed by atoms with Crippen molar-refractivity contribution < 1.29 is 31.7 Å². The topological polar surface area (TPSA) is 127 Å². The summed E-state index contributed by atoms with van der Waals surface area (Å²) < 4.78 is 62.1. The Kier molecular flexibility index (Phi) is 8.17. The fourth-order valence-corrected chi connectivity index (χ4v) is 3.72. The lowest BCUT2D eigenvalue weighted by Gasteiger charge is -2.20. The fourth-order valence-electron chi connectivity index (χ4n) is 3.22. The fraction of sp³-hybridized carbons (Fsp3) is 0.364. The minimum atomic E-state index is -2.69. The quantitative estimate of drug-likeness (QED) is 0.439. The van der Waals surface area contributed by atoms with E-state index in [-0.39, 0.29) is 22.8 Å². The van der Waals surface area contributed by atoms with Gasteiger partial charge in [0.25, 0.3) is 11.8 Å². The van der Waals surface area contributed by atoms with Crippen molar-refractivity contribution in [2.75, 3.05) is 31.2 Å². The largest absolute Gasteiger partial charge is 0.479 e. The van der Waals surface area contributed by atoms with Gasteiger partial charge < -0.3 is 15.4 Å². The van der Waals surface area contributed by atoms with Crippen LogP contribution in [0.5, 0.6) is 5.75 Å². The van der Waals surface area contributed by atoms with Gasteiger partial charge in [0.2, 0.25) is 0 Å². The van der Waals surface area contributed by atoms with Crippen LogP contribution in [-0.2, 0) is 14.5 Å². The molecule has 3 aromatic rings. The Labute approximate surface area is 205 Å². The van der Waals surface area contributed by atoms with E-state index in [4.69, 9.17) is 4.74 Å². The van der Waals surface area contributed by atoms with E-state index < -0.39 is 52.9 Å². The van der Waals surface area contributed by atoms with E-state index >= 15 is 0 Å². The molecule has 0 aliphatic rings. The van der Waals surface area contributed by atoms with Crippen LogP contribution in [0, 0.1) is 12.7 Å². The third kappa shape index (κ3) is 6.30. The number of ether oxygens (including phenoxy) is 1. The summed E-state index contributed by atoms with van der Waals surface area (Å²) in [5, 5.41) is 9.24. The van der Waals surface area contributed by atoms with E-state index in [1.807, 2.05) is 0 Å². The number of anilines is 2. The van der Waals surface area contributed by atoms with Crippen molar-refractivity contribution in [2.24, 2.45) is 4.36 Å². The zero-order valence-corrected chi connectivity index (χ0v) is 20.7. The molecule has 1 aromatic carbocycles. The number of alkyl halides is 2. The van der Waals surface area contributed by atoms with Gasteiger partial charge in [-0.25, -0.2) is 26.9 Å². The summed E-state index contributed by atoms with van der Waals surface area (Å²) in [6, 6.07) is 2.23. The number of nitrogens with zero attached hydrogens (tertiary/aromatic N) is 4. The summed E-state index contributed by atoms with van der Waals surface area (Å²) in [6.45, 7) is 0.805. The van der Waals surface area contributed by atoms with Crippen LogP contribution in [0.1, 0.15) is 22.8 Å². The second kappa shape index (κ2) is 10.9. The van der Waals surface area contributed by atoms with Crippen LogP contribution in [0.2, 0.25) is 0 Å². The number of nitrogens with one attached hydrogen (secondary N) is 2. The molecule has 14 heteroatoms. The van der Waals surface area contributed by atoms with Gasteiger partial charge >= 0.3 is 0 Å². The highest BCUT2D eigenvalue weighted by molar-refractivity contribution is 7.92. The van der Waals surface area contributed by atoms with E-state index in [1.54, 1.807) is 6.92 Å². The Morgan fingerprint density at radius 3 is 2.58 bits per heavy atom. The van der Waals surface area contributed by atoms with Crippen molar-refractivity contribution in [3.05, 3.63) is 47.7 Å². The predicted molar refractivity (Wildman–Crippen MR) is 128 cm³/mol. The van der Waals surface area contributed by atoms with Crippen molar-refractivity contribution in [3.8, 4) is 5.75 Å². The van der Waals surface area contributed by atoms with E-state index in [0.717, 1.165) is 12.1 Å². The number of rotatable bonds is 9. The molecule has 0 aliphatic heterocycles. The van der Waals surface area contributed by atoms with Crippen LogP contribution in [0.15, 0.2) is 35.1 Å². The Balaban J connectivity index is 1.95. The second-order valence-corrected chi connectivity index (χ2v) is 10.7. The van der Waals surface area contributed by atoms with E-state index in [2.05, 4.69) is 25.1 Å². The summed E-state index contributed by atoms with van der Waals surface area (Å²) >= 11 is 0. The van der Waals surface area contributed by atoms with Gasteiger partial charge in [-0.05, 0) is 31.5 Å². The average molecular weight is 527 g/mol. The maximum absolute atomic E-state index is 14.0. The Morgan fingerprint density at radius 1 is 1.25 bits per heavy atom. The lowest BCUT2D eigenvalue weighted by molar-refractivity contribution is -0.128. The number of halogens is 3.